The van der Waals surface area contributed by atoms with E-state index in [1.54, 1.807) is 0 Å². The maximum absolute atomic E-state index is 11.3. The second-order valence-electron chi connectivity index (χ2n) is 3.25. The fourth-order valence-corrected chi connectivity index (χ4v) is 1.51. The van der Waals surface area contributed by atoms with Gasteiger partial charge in [0.05, 0.1) is 0 Å². The molecular weight excluding hydrogens is 290 g/mol. The van der Waals surface area contributed by atoms with Crippen molar-refractivity contribution in [3.05, 3.63) is 35.9 Å². The van der Waals surface area contributed by atoms with Crippen molar-refractivity contribution in [3.8, 4) is 0 Å². The molecule has 0 spiro atoms. The van der Waals surface area contributed by atoms with Crippen molar-refractivity contribution in [1.29, 1.82) is 0 Å². The highest BCUT2D eigenvalue weighted by molar-refractivity contribution is 9.09. The lowest BCUT2D eigenvalue weighted by Crippen LogP contribution is -2.42. The largest absolute Gasteiger partial charge is 0.480 e. The Hall–Kier alpha value is -1.56. The van der Waals surface area contributed by atoms with Gasteiger partial charge in [0, 0.05) is 5.33 Å². The number of alkyl carbamates (subject to hydrolysis) is 1. The van der Waals surface area contributed by atoms with Crippen LogP contribution in [0.1, 0.15) is 5.56 Å². The summed E-state index contributed by atoms with van der Waals surface area (Å²) >= 11 is 2.99. The van der Waals surface area contributed by atoms with Crippen LogP contribution in [0.5, 0.6) is 0 Å². The average Bonchev–Trinajstić information content (AvgIpc) is 2.34. The zero-order chi connectivity index (χ0) is 12.7. The van der Waals surface area contributed by atoms with E-state index in [4.69, 9.17) is 9.84 Å². The maximum atomic E-state index is 11.3. The van der Waals surface area contributed by atoms with Gasteiger partial charge in [-0.15, -0.1) is 0 Å². The SMILES string of the molecule is O=C(N[C@@H](CBr)C(=O)O)OCc1ccccc1. The van der Waals surface area contributed by atoms with E-state index in [1.807, 2.05) is 30.3 Å². The fraction of sp³-hybridized carbons (Fsp3) is 0.273. The molecule has 1 atom stereocenters. The summed E-state index contributed by atoms with van der Waals surface area (Å²) in [5.74, 6) is -1.11. The molecule has 0 radical (unpaired) electrons. The van der Waals surface area contributed by atoms with Gasteiger partial charge in [-0.25, -0.2) is 9.59 Å². The van der Waals surface area contributed by atoms with Crippen molar-refractivity contribution < 1.29 is 19.4 Å². The third-order valence-corrected chi connectivity index (χ3v) is 2.60. The normalized spacial score (nSPS) is 11.6. The molecule has 1 aromatic rings. The molecule has 1 aromatic carbocycles. The molecular formula is C11H12BrNO4. The Morgan fingerprint density at radius 1 is 1.35 bits per heavy atom. The topological polar surface area (TPSA) is 75.6 Å². The molecule has 0 aliphatic heterocycles. The highest BCUT2D eigenvalue weighted by Crippen LogP contribution is 2.01. The van der Waals surface area contributed by atoms with Crippen molar-refractivity contribution in [2.75, 3.05) is 5.33 Å². The Morgan fingerprint density at radius 2 is 2.00 bits per heavy atom. The molecule has 1 rings (SSSR count). The number of carboxylic acid groups (broad SMARTS) is 1. The Morgan fingerprint density at radius 3 is 2.53 bits per heavy atom. The van der Waals surface area contributed by atoms with E-state index in [2.05, 4.69) is 21.2 Å². The summed E-state index contributed by atoms with van der Waals surface area (Å²) in [5, 5.41) is 11.1. The average molecular weight is 302 g/mol. The molecule has 0 heterocycles. The molecule has 0 unspecified atom stereocenters. The number of hydrogen-bond acceptors (Lipinski definition) is 3. The Bertz CT molecular complexity index is 382. The van der Waals surface area contributed by atoms with Crippen molar-refractivity contribution in [2.24, 2.45) is 0 Å². The van der Waals surface area contributed by atoms with Crippen LogP contribution in [0.2, 0.25) is 0 Å². The van der Waals surface area contributed by atoms with Crippen LogP contribution in [0.4, 0.5) is 4.79 Å². The van der Waals surface area contributed by atoms with Crippen LogP contribution in [-0.4, -0.2) is 28.5 Å². The number of carbonyl (C=O) groups excluding carboxylic acids is 1. The van der Waals surface area contributed by atoms with Crippen LogP contribution in [0, 0.1) is 0 Å². The number of hydrogen-bond donors (Lipinski definition) is 2. The summed E-state index contributed by atoms with van der Waals surface area (Å²) in [6, 6.07) is 8.15. The maximum Gasteiger partial charge on any atom is 0.408 e. The highest BCUT2D eigenvalue weighted by atomic mass is 79.9. The van der Waals surface area contributed by atoms with Gasteiger partial charge in [0.25, 0.3) is 0 Å². The second kappa shape index (κ2) is 6.90. The molecule has 0 fully saturated rings. The number of carbonyl (C=O) groups is 2. The van der Waals surface area contributed by atoms with Gasteiger partial charge in [0.2, 0.25) is 0 Å². The number of halogens is 1. The van der Waals surface area contributed by atoms with Gasteiger partial charge in [-0.2, -0.15) is 0 Å². The number of rotatable bonds is 5. The molecule has 0 aliphatic rings. The van der Waals surface area contributed by atoms with Gasteiger partial charge >= 0.3 is 12.1 Å². The van der Waals surface area contributed by atoms with Gasteiger partial charge in [0.15, 0.2) is 0 Å². The first-order valence-electron chi connectivity index (χ1n) is 4.89. The molecule has 6 heteroatoms. The van der Waals surface area contributed by atoms with Gasteiger partial charge in [0.1, 0.15) is 12.6 Å². The molecule has 0 bridgehead atoms. The summed E-state index contributed by atoms with van der Waals surface area (Å²) in [6.45, 7) is 0.112. The standard InChI is InChI=1S/C11H12BrNO4/c12-6-9(10(14)15)13-11(16)17-7-8-4-2-1-3-5-8/h1-5,9H,6-7H2,(H,13,16)(H,14,15)/t9-/m0/s1. The first-order valence-corrected chi connectivity index (χ1v) is 6.01. The van der Waals surface area contributed by atoms with E-state index in [0.29, 0.717) is 0 Å². The number of aliphatic carboxylic acids is 1. The second-order valence-corrected chi connectivity index (χ2v) is 3.90. The van der Waals surface area contributed by atoms with E-state index < -0.39 is 18.1 Å². The quantitative estimate of drug-likeness (QED) is 0.813. The van der Waals surface area contributed by atoms with Gasteiger partial charge in [-0.05, 0) is 5.56 Å². The van der Waals surface area contributed by atoms with E-state index in [0.717, 1.165) is 5.56 Å². The highest BCUT2D eigenvalue weighted by Gasteiger charge is 2.18. The van der Waals surface area contributed by atoms with Crippen molar-refractivity contribution in [2.45, 2.75) is 12.6 Å². The Balaban J connectivity index is 2.37. The van der Waals surface area contributed by atoms with E-state index >= 15 is 0 Å². The van der Waals surface area contributed by atoms with Crippen LogP contribution in [0.25, 0.3) is 0 Å². The number of ether oxygens (including phenoxy) is 1. The summed E-state index contributed by atoms with van der Waals surface area (Å²) in [7, 11) is 0. The lowest BCUT2D eigenvalue weighted by atomic mass is 10.2. The van der Waals surface area contributed by atoms with E-state index in [9.17, 15) is 9.59 Å². The zero-order valence-electron chi connectivity index (χ0n) is 8.93. The minimum absolute atomic E-state index is 0.112. The van der Waals surface area contributed by atoms with Crippen LogP contribution in [-0.2, 0) is 16.1 Å². The van der Waals surface area contributed by atoms with Crippen LogP contribution >= 0.6 is 15.9 Å². The lowest BCUT2D eigenvalue weighted by molar-refractivity contribution is -0.138. The molecule has 0 aromatic heterocycles. The number of nitrogens with one attached hydrogen (secondary N) is 1. The number of amides is 1. The van der Waals surface area contributed by atoms with Gasteiger partial charge in [-0.1, -0.05) is 46.3 Å². The third kappa shape index (κ3) is 4.86. The van der Waals surface area contributed by atoms with Gasteiger partial charge in [-0.3, -0.25) is 0 Å². The van der Waals surface area contributed by atoms with Crippen LogP contribution in [0.3, 0.4) is 0 Å². The minimum Gasteiger partial charge on any atom is -0.480 e. The van der Waals surface area contributed by atoms with E-state index in [1.165, 1.54) is 0 Å². The molecule has 0 saturated heterocycles. The zero-order valence-corrected chi connectivity index (χ0v) is 10.5. The Labute approximate surface area is 107 Å². The summed E-state index contributed by atoms with van der Waals surface area (Å²) in [5.41, 5.74) is 0.841. The van der Waals surface area contributed by atoms with Crippen molar-refractivity contribution >= 4 is 28.0 Å². The monoisotopic (exact) mass is 301 g/mol. The number of carboxylic acids is 1. The van der Waals surface area contributed by atoms with Crippen molar-refractivity contribution in [3.63, 3.8) is 0 Å². The fourth-order valence-electron chi connectivity index (χ4n) is 1.07. The lowest BCUT2D eigenvalue weighted by Gasteiger charge is -2.11. The summed E-state index contributed by atoms with van der Waals surface area (Å²) in [6.07, 6.45) is -0.749. The smallest absolute Gasteiger partial charge is 0.408 e. The van der Waals surface area contributed by atoms with E-state index in [-0.39, 0.29) is 11.9 Å². The van der Waals surface area contributed by atoms with Crippen LogP contribution < -0.4 is 5.32 Å². The molecule has 0 aliphatic carbocycles. The molecule has 92 valence electrons. The molecule has 1 amide bonds. The first kappa shape index (κ1) is 13.5. The molecule has 5 nitrogen and oxygen atoms in total. The summed E-state index contributed by atoms with van der Waals surface area (Å²) < 4.78 is 4.88. The van der Waals surface area contributed by atoms with Crippen LogP contribution in [0.15, 0.2) is 30.3 Å². The molecule has 2 N–H and O–H groups in total. The number of alkyl halides is 1. The predicted octanol–water partition coefficient (Wildman–Crippen LogP) is 1.76. The third-order valence-electron chi connectivity index (χ3n) is 1.96. The van der Waals surface area contributed by atoms with Crippen molar-refractivity contribution in [1.82, 2.24) is 5.32 Å². The predicted molar refractivity (Wildman–Crippen MR) is 65.0 cm³/mol. The Kier molecular flexibility index (Phi) is 5.48. The summed E-state index contributed by atoms with van der Waals surface area (Å²) in [4.78, 5) is 21.9. The molecule has 17 heavy (non-hydrogen) atoms. The minimum atomic E-state index is -1.11. The molecule has 0 saturated carbocycles. The number of benzene rings is 1. The first-order chi connectivity index (χ1) is 8.13. The van der Waals surface area contributed by atoms with Gasteiger partial charge < -0.3 is 15.2 Å².